The SMILES string of the molecule is O=C(O)[C@@H]1CC[C@H](C(=O)NCC(=O)N2CCC(Cc3ccccc3)CC2)C1. The largest absolute Gasteiger partial charge is 0.481 e. The smallest absolute Gasteiger partial charge is 0.306 e. The molecule has 6 nitrogen and oxygen atoms in total. The van der Waals surface area contributed by atoms with Crippen LogP contribution < -0.4 is 5.32 Å². The van der Waals surface area contributed by atoms with Crippen LogP contribution in [-0.2, 0) is 20.8 Å². The lowest BCUT2D eigenvalue weighted by molar-refractivity contribution is -0.141. The van der Waals surface area contributed by atoms with Gasteiger partial charge >= 0.3 is 5.97 Å². The molecule has 3 rings (SSSR count). The molecule has 1 aliphatic heterocycles. The normalized spacial score (nSPS) is 23.2. The van der Waals surface area contributed by atoms with E-state index in [-0.39, 0.29) is 24.3 Å². The fourth-order valence-electron chi connectivity index (χ4n) is 4.20. The van der Waals surface area contributed by atoms with Gasteiger partial charge in [0.1, 0.15) is 0 Å². The molecule has 0 bridgehead atoms. The maximum atomic E-state index is 12.4. The van der Waals surface area contributed by atoms with E-state index in [9.17, 15) is 14.4 Å². The number of rotatable bonds is 6. The Hall–Kier alpha value is -2.37. The van der Waals surface area contributed by atoms with Crippen LogP contribution in [-0.4, -0.2) is 47.4 Å². The first-order valence-electron chi connectivity index (χ1n) is 9.85. The molecule has 0 spiro atoms. The van der Waals surface area contributed by atoms with Crippen LogP contribution in [0.25, 0.3) is 0 Å². The van der Waals surface area contributed by atoms with Crippen molar-refractivity contribution in [2.75, 3.05) is 19.6 Å². The van der Waals surface area contributed by atoms with Gasteiger partial charge in [-0.05, 0) is 50.0 Å². The van der Waals surface area contributed by atoms with Crippen LogP contribution in [0.2, 0.25) is 0 Å². The molecule has 0 aromatic heterocycles. The molecule has 0 unspecified atom stereocenters. The van der Waals surface area contributed by atoms with Gasteiger partial charge in [-0.15, -0.1) is 0 Å². The van der Waals surface area contributed by atoms with Gasteiger partial charge in [0.05, 0.1) is 12.5 Å². The van der Waals surface area contributed by atoms with Crippen molar-refractivity contribution >= 4 is 17.8 Å². The molecule has 27 heavy (non-hydrogen) atoms. The Bertz CT molecular complexity index is 668. The highest BCUT2D eigenvalue weighted by Crippen LogP contribution is 2.31. The Morgan fingerprint density at radius 1 is 1.00 bits per heavy atom. The van der Waals surface area contributed by atoms with E-state index in [1.807, 2.05) is 11.0 Å². The lowest BCUT2D eigenvalue weighted by Gasteiger charge is -2.32. The zero-order valence-electron chi connectivity index (χ0n) is 15.6. The predicted molar refractivity (Wildman–Crippen MR) is 101 cm³/mol. The highest BCUT2D eigenvalue weighted by atomic mass is 16.4. The second-order valence-corrected chi connectivity index (χ2v) is 7.78. The van der Waals surface area contributed by atoms with E-state index in [2.05, 4.69) is 29.6 Å². The van der Waals surface area contributed by atoms with Crippen LogP contribution in [0.1, 0.15) is 37.7 Å². The van der Waals surface area contributed by atoms with E-state index in [1.165, 1.54) is 5.56 Å². The van der Waals surface area contributed by atoms with Gasteiger partial charge in [0.2, 0.25) is 11.8 Å². The van der Waals surface area contributed by atoms with Crippen molar-refractivity contribution in [3.8, 4) is 0 Å². The van der Waals surface area contributed by atoms with E-state index in [1.54, 1.807) is 0 Å². The van der Waals surface area contributed by atoms with Crippen molar-refractivity contribution in [3.63, 3.8) is 0 Å². The number of carbonyl (C=O) groups is 3. The summed E-state index contributed by atoms with van der Waals surface area (Å²) in [4.78, 5) is 37.4. The molecule has 1 heterocycles. The number of aliphatic carboxylic acids is 1. The molecule has 1 saturated heterocycles. The second-order valence-electron chi connectivity index (χ2n) is 7.78. The standard InChI is InChI=1S/C21H28N2O4/c24-19(14-22-20(25)17-6-7-18(13-17)21(26)27)23-10-8-16(9-11-23)12-15-4-2-1-3-5-15/h1-5,16-18H,6-14H2,(H,22,25)(H,26,27)/t17-,18+/m0/s1. The molecule has 1 aromatic carbocycles. The third-order valence-electron chi connectivity index (χ3n) is 5.90. The summed E-state index contributed by atoms with van der Waals surface area (Å²) in [6, 6.07) is 10.4. The number of amides is 2. The maximum absolute atomic E-state index is 12.4. The fourth-order valence-corrected chi connectivity index (χ4v) is 4.20. The molecule has 146 valence electrons. The first-order valence-corrected chi connectivity index (χ1v) is 9.85. The number of carboxylic acids is 1. The van der Waals surface area contributed by atoms with Gasteiger partial charge in [-0.3, -0.25) is 14.4 Å². The van der Waals surface area contributed by atoms with Crippen molar-refractivity contribution < 1.29 is 19.5 Å². The minimum atomic E-state index is -0.834. The van der Waals surface area contributed by atoms with E-state index in [0.717, 1.165) is 32.4 Å². The van der Waals surface area contributed by atoms with E-state index >= 15 is 0 Å². The monoisotopic (exact) mass is 372 g/mol. The Kier molecular flexibility index (Phi) is 6.48. The van der Waals surface area contributed by atoms with Crippen LogP contribution in [0.3, 0.4) is 0 Å². The lowest BCUT2D eigenvalue weighted by Crippen LogP contribution is -2.45. The molecule has 2 amide bonds. The topological polar surface area (TPSA) is 86.7 Å². The predicted octanol–water partition coefficient (Wildman–Crippen LogP) is 2.08. The summed E-state index contributed by atoms with van der Waals surface area (Å²) < 4.78 is 0. The van der Waals surface area contributed by atoms with Gasteiger partial charge in [0, 0.05) is 19.0 Å². The average Bonchev–Trinajstić information content (AvgIpc) is 3.18. The quantitative estimate of drug-likeness (QED) is 0.800. The summed E-state index contributed by atoms with van der Waals surface area (Å²) in [7, 11) is 0. The molecular formula is C21H28N2O4. The van der Waals surface area contributed by atoms with Gasteiger partial charge in [-0.1, -0.05) is 30.3 Å². The minimum Gasteiger partial charge on any atom is -0.481 e. The molecule has 2 N–H and O–H groups in total. The number of carboxylic acid groups (broad SMARTS) is 1. The molecule has 1 saturated carbocycles. The first-order chi connectivity index (χ1) is 13.0. The maximum Gasteiger partial charge on any atom is 0.306 e. The molecular weight excluding hydrogens is 344 g/mol. The molecule has 1 aliphatic carbocycles. The summed E-state index contributed by atoms with van der Waals surface area (Å²) in [5.74, 6) is -1.19. The van der Waals surface area contributed by atoms with Crippen LogP contribution in [0.4, 0.5) is 0 Å². The summed E-state index contributed by atoms with van der Waals surface area (Å²) in [5.41, 5.74) is 1.34. The van der Waals surface area contributed by atoms with Gasteiger partial charge in [-0.25, -0.2) is 0 Å². The second kappa shape index (κ2) is 9.02. The number of nitrogens with one attached hydrogen (secondary N) is 1. The lowest BCUT2D eigenvalue weighted by atomic mass is 9.90. The van der Waals surface area contributed by atoms with E-state index in [4.69, 9.17) is 5.11 Å². The van der Waals surface area contributed by atoms with Crippen molar-refractivity contribution in [2.24, 2.45) is 17.8 Å². The third-order valence-corrected chi connectivity index (χ3v) is 5.90. The minimum absolute atomic E-state index is 0.0103. The summed E-state index contributed by atoms with van der Waals surface area (Å²) in [6.45, 7) is 1.48. The van der Waals surface area contributed by atoms with E-state index < -0.39 is 11.9 Å². The van der Waals surface area contributed by atoms with Crippen molar-refractivity contribution in [1.82, 2.24) is 10.2 Å². The van der Waals surface area contributed by atoms with Crippen molar-refractivity contribution in [2.45, 2.75) is 38.5 Å². The Labute approximate surface area is 159 Å². The van der Waals surface area contributed by atoms with E-state index in [0.29, 0.717) is 25.2 Å². The summed E-state index contributed by atoms with van der Waals surface area (Å²) >= 11 is 0. The molecule has 2 fully saturated rings. The molecule has 2 atom stereocenters. The van der Waals surface area contributed by atoms with Crippen LogP contribution >= 0.6 is 0 Å². The third kappa shape index (κ3) is 5.31. The average molecular weight is 372 g/mol. The Balaban J connectivity index is 1.37. The molecule has 2 aliphatic rings. The van der Waals surface area contributed by atoms with Gasteiger partial charge < -0.3 is 15.3 Å². The molecule has 6 heteroatoms. The number of likely N-dealkylation sites (tertiary alicyclic amines) is 1. The van der Waals surface area contributed by atoms with Crippen LogP contribution in [0.15, 0.2) is 30.3 Å². The Morgan fingerprint density at radius 2 is 1.67 bits per heavy atom. The Morgan fingerprint density at radius 3 is 2.30 bits per heavy atom. The number of piperidine rings is 1. The summed E-state index contributed by atoms with van der Waals surface area (Å²) in [5, 5.41) is 11.7. The van der Waals surface area contributed by atoms with Gasteiger partial charge in [0.25, 0.3) is 0 Å². The summed E-state index contributed by atoms with van der Waals surface area (Å²) in [6.07, 6.45) is 4.51. The number of hydrogen-bond acceptors (Lipinski definition) is 3. The highest BCUT2D eigenvalue weighted by Gasteiger charge is 2.34. The molecule has 1 aromatic rings. The number of carbonyl (C=O) groups excluding carboxylic acids is 2. The van der Waals surface area contributed by atoms with Crippen LogP contribution in [0.5, 0.6) is 0 Å². The molecule has 0 radical (unpaired) electrons. The van der Waals surface area contributed by atoms with Gasteiger partial charge in [-0.2, -0.15) is 0 Å². The zero-order chi connectivity index (χ0) is 19.2. The number of nitrogens with zero attached hydrogens (tertiary/aromatic N) is 1. The number of hydrogen-bond donors (Lipinski definition) is 2. The van der Waals surface area contributed by atoms with Crippen LogP contribution in [0, 0.1) is 17.8 Å². The highest BCUT2D eigenvalue weighted by molar-refractivity contribution is 5.86. The first kappa shape index (κ1) is 19.4. The van der Waals surface area contributed by atoms with Crippen molar-refractivity contribution in [1.29, 1.82) is 0 Å². The number of benzene rings is 1. The zero-order valence-corrected chi connectivity index (χ0v) is 15.6. The fraction of sp³-hybridized carbons (Fsp3) is 0.571. The van der Waals surface area contributed by atoms with Gasteiger partial charge in [0.15, 0.2) is 0 Å². The van der Waals surface area contributed by atoms with Crippen molar-refractivity contribution in [3.05, 3.63) is 35.9 Å².